The van der Waals surface area contributed by atoms with Crippen molar-refractivity contribution in [1.82, 2.24) is 10.3 Å². The van der Waals surface area contributed by atoms with Gasteiger partial charge >= 0.3 is 6.09 Å². The van der Waals surface area contributed by atoms with Crippen LogP contribution in [0, 0.1) is 0 Å². The van der Waals surface area contributed by atoms with E-state index in [2.05, 4.69) is 27.3 Å². The van der Waals surface area contributed by atoms with Gasteiger partial charge in [0.05, 0.1) is 16.0 Å². The van der Waals surface area contributed by atoms with Crippen LogP contribution in [-0.4, -0.2) is 33.0 Å². The number of rotatable bonds is 6. The predicted octanol–water partition coefficient (Wildman–Crippen LogP) is 6.00. The van der Waals surface area contributed by atoms with Crippen LogP contribution in [0.2, 0.25) is 0 Å². The van der Waals surface area contributed by atoms with Crippen molar-refractivity contribution in [3.05, 3.63) is 33.9 Å². The van der Waals surface area contributed by atoms with Crippen LogP contribution in [0.15, 0.2) is 33.8 Å². The van der Waals surface area contributed by atoms with E-state index in [-0.39, 0.29) is 18.2 Å². The molecule has 162 valence electrons. The molecule has 1 atom stereocenters. The van der Waals surface area contributed by atoms with Crippen molar-refractivity contribution >= 4 is 44.5 Å². The molecule has 0 aliphatic heterocycles. The molecule has 2 aromatic rings. The van der Waals surface area contributed by atoms with E-state index in [1.807, 2.05) is 32.2 Å². The van der Waals surface area contributed by atoms with Gasteiger partial charge in [-0.3, -0.25) is 0 Å². The Hall–Kier alpha value is -1.09. The molecule has 1 aromatic heterocycles. The molecule has 4 rings (SSSR count). The Labute approximate surface area is 193 Å². The minimum atomic E-state index is -0.960. The lowest BCUT2D eigenvalue weighted by Crippen LogP contribution is -2.38. The van der Waals surface area contributed by atoms with E-state index in [0.717, 1.165) is 63.3 Å². The fourth-order valence-electron chi connectivity index (χ4n) is 3.83. The van der Waals surface area contributed by atoms with Crippen LogP contribution < -0.4 is 5.32 Å². The molecule has 1 amide bonds. The van der Waals surface area contributed by atoms with Crippen LogP contribution >= 0.6 is 27.3 Å². The molecule has 2 aliphatic carbocycles. The lowest BCUT2D eigenvalue weighted by molar-refractivity contribution is 0.109. The summed E-state index contributed by atoms with van der Waals surface area (Å²) in [6.07, 6.45) is 7.47. The van der Waals surface area contributed by atoms with Gasteiger partial charge in [0, 0.05) is 47.1 Å². The molecule has 2 aliphatic rings. The van der Waals surface area contributed by atoms with Crippen molar-refractivity contribution in [3.63, 3.8) is 0 Å². The minimum absolute atomic E-state index is 0.104. The molecule has 8 heteroatoms. The molecule has 0 spiro atoms. The predicted molar refractivity (Wildman–Crippen MR) is 124 cm³/mol. The minimum Gasteiger partial charge on any atom is -0.611 e. The third kappa shape index (κ3) is 5.39. The molecular weight excluding hydrogens is 484 g/mol. The number of hydrogen-bond donors (Lipinski definition) is 1. The van der Waals surface area contributed by atoms with Gasteiger partial charge in [-0.15, -0.1) is 11.3 Å². The number of hydrogen-bond acceptors (Lipinski definition) is 5. The van der Waals surface area contributed by atoms with Crippen molar-refractivity contribution < 1.29 is 14.1 Å². The highest BCUT2D eigenvalue weighted by atomic mass is 79.9. The van der Waals surface area contributed by atoms with Crippen molar-refractivity contribution in [2.45, 2.75) is 80.6 Å². The summed E-state index contributed by atoms with van der Waals surface area (Å²) in [5, 5.41) is 4.42. The van der Waals surface area contributed by atoms with Gasteiger partial charge in [0.25, 0.3) is 0 Å². The normalized spacial score (nSPS) is 22.7. The zero-order valence-electron chi connectivity index (χ0n) is 17.2. The molecule has 0 radical (unpaired) electrons. The van der Waals surface area contributed by atoms with Crippen LogP contribution in [0.3, 0.4) is 0 Å². The van der Waals surface area contributed by atoms with E-state index >= 15 is 0 Å². The van der Waals surface area contributed by atoms with Crippen molar-refractivity contribution in [2.24, 2.45) is 0 Å². The van der Waals surface area contributed by atoms with Gasteiger partial charge in [-0.1, -0.05) is 15.9 Å². The van der Waals surface area contributed by atoms with Gasteiger partial charge in [-0.05, 0) is 62.8 Å². The smallest absolute Gasteiger partial charge is 0.407 e. The van der Waals surface area contributed by atoms with Crippen molar-refractivity contribution in [1.29, 1.82) is 0 Å². The largest absolute Gasteiger partial charge is 0.611 e. The Balaban J connectivity index is 1.41. The lowest BCUT2D eigenvalue weighted by atomic mass is 9.86. The number of aromatic nitrogens is 1. The van der Waals surface area contributed by atoms with E-state index < -0.39 is 11.2 Å². The Morgan fingerprint density at radius 2 is 2.00 bits per heavy atom. The number of amides is 1. The summed E-state index contributed by atoms with van der Waals surface area (Å²) < 4.78 is 19.0. The molecule has 2 saturated carbocycles. The first-order chi connectivity index (χ1) is 14.4. The van der Waals surface area contributed by atoms with Crippen LogP contribution in [0.5, 0.6) is 0 Å². The fourth-order valence-corrected chi connectivity index (χ4v) is 7.09. The summed E-state index contributed by atoms with van der Waals surface area (Å²) in [6.45, 7) is 3.71. The second-order valence-electron chi connectivity index (χ2n) is 8.35. The molecule has 1 unspecified atom stereocenters. The Morgan fingerprint density at radius 3 is 2.67 bits per heavy atom. The molecular formula is C22H27BrN2O3S2. The van der Waals surface area contributed by atoms with E-state index in [1.54, 1.807) is 11.3 Å². The van der Waals surface area contributed by atoms with Crippen LogP contribution in [0.25, 0.3) is 10.4 Å². The van der Waals surface area contributed by atoms with Gasteiger partial charge in [0.2, 0.25) is 0 Å². The van der Waals surface area contributed by atoms with Crippen LogP contribution in [-0.2, 0) is 15.9 Å². The highest BCUT2D eigenvalue weighted by Gasteiger charge is 2.37. The second-order valence-corrected chi connectivity index (χ2v) is 12.0. The monoisotopic (exact) mass is 510 g/mol. The maximum atomic E-state index is 12.9. The number of halogens is 1. The van der Waals surface area contributed by atoms with Crippen molar-refractivity contribution in [2.75, 3.05) is 0 Å². The molecule has 0 saturated heterocycles. The average molecular weight is 512 g/mol. The molecule has 1 N–H and O–H groups in total. The third-order valence-electron chi connectivity index (χ3n) is 5.52. The summed E-state index contributed by atoms with van der Waals surface area (Å²) in [6, 6.07) is 6.23. The molecule has 0 bridgehead atoms. The SMILES string of the molecule is CC(C)OC(=O)NC1CCC(c2ncc(-c3ccc(Br)cc3[S+]([O-])C3CC3)s2)CC1. The third-order valence-corrected chi connectivity index (χ3v) is 9.05. The summed E-state index contributed by atoms with van der Waals surface area (Å²) in [5.41, 5.74) is 1.04. The summed E-state index contributed by atoms with van der Waals surface area (Å²) >= 11 is 4.28. The average Bonchev–Trinajstić information content (AvgIpc) is 3.44. The number of benzene rings is 1. The Bertz CT molecular complexity index is 892. The Kier molecular flexibility index (Phi) is 7.07. The van der Waals surface area contributed by atoms with Gasteiger partial charge in [0.15, 0.2) is 4.90 Å². The van der Waals surface area contributed by atoms with E-state index in [4.69, 9.17) is 9.72 Å². The highest BCUT2D eigenvalue weighted by molar-refractivity contribution is 9.10. The number of nitrogens with zero attached hydrogens (tertiary/aromatic N) is 1. The number of nitrogens with one attached hydrogen (secondary N) is 1. The van der Waals surface area contributed by atoms with Gasteiger partial charge < -0.3 is 14.6 Å². The van der Waals surface area contributed by atoms with Gasteiger partial charge in [-0.2, -0.15) is 0 Å². The Morgan fingerprint density at radius 1 is 1.27 bits per heavy atom. The number of thiazole rings is 1. The summed E-state index contributed by atoms with van der Waals surface area (Å²) in [7, 11) is 0. The first kappa shape index (κ1) is 22.1. The molecule has 1 heterocycles. The topological polar surface area (TPSA) is 74.3 Å². The lowest BCUT2D eigenvalue weighted by Gasteiger charge is -2.28. The molecule has 2 fully saturated rings. The first-order valence-corrected chi connectivity index (χ1v) is 13.4. The molecule has 1 aromatic carbocycles. The summed E-state index contributed by atoms with van der Waals surface area (Å²) in [4.78, 5) is 18.5. The molecule has 5 nitrogen and oxygen atoms in total. The van der Waals surface area contributed by atoms with Gasteiger partial charge in [0.1, 0.15) is 5.25 Å². The quantitative estimate of drug-likeness (QED) is 0.483. The van der Waals surface area contributed by atoms with Crippen LogP contribution in [0.1, 0.15) is 63.3 Å². The van der Waals surface area contributed by atoms with E-state index in [0.29, 0.717) is 11.2 Å². The maximum Gasteiger partial charge on any atom is 0.407 e. The maximum absolute atomic E-state index is 12.9. The van der Waals surface area contributed by atoms with Gasteiger partial charge in [-0.25, -0.2) is 9.78 Å². The number of ether oxygens (including phenoxy) is 1. The zero-order chi connectivity index (χ0) is 21.3. The number of alkyl carbamates (subject to hydrolysis) is 1. The standard InChI is InChI=1S/C22H27BrN2O3S2/c1-13(2)28-22(26)25-16-6-3-14(4-7-16)21-24-12-19(29-21)18-10-5-15(23)11-20(18)30(27)17-8-9-17/h5,10-14,16-17H,3-4,6-9H2,1-2H3,(H,25,26). The number of carbonyl (C=O) groups is 1. The summed E-state index contributed by atoms with van der Waals surface area (Å²) in [5.74, 6) is 0.413. The van der Waals surface area contributed by atoms with Crippen LogP contribution in [0.4, 0.5) is 4.79 Å². The van der Waals surface area contributed by atoms with E-state index in [1.165, 1.54) is 0 Å². The highest BCUT2D eigenvalue weighted by Crippen LogP contribution is 2.42. The number of carbonyl (C=O) groups excluding carboxylic acids is 1. The van der Waals surface area contributed by atoms with E-state index in [9.17, 15) is 9.35 Å². The fraction of sp³-hybridized carbons (Fsp3) is 0.545. The van der Waals surface area contributed by atoms with Crippen molar-refractivity contribution in [3.8, 4) is 10.4 Å². The second kappa shape index (κ2) is 9.59. The molecule has 30 heavy (non-hydrogen) atoms. The zero-order valence-corrected chi connectivity index (χ0v) is 20.4. The first-order valence-electron chi connectivity index (χ1n) is 10.5.